The first kappa shape index (κ1) is 8.34. The Morgan fingerprint density at radius 2 is 2.15 bits per heavy atom. The highest BCUT2D eigenvalue weighted by molar-refractivity contribution is 5.88. The average molecular weight is 184 g/mol. The molecule has 1 unspecified atom stereocenters. The van der Waals surface area contributed by atoms with Gasteiger partial charge in [-0.1, -0.05) is 0 Å². The van der Waals surface area contributed by atoms with E-state index in [9.17, 15) is 9.59 Å². The summed E-state index contributed by atoms with van der Waals surface area (Å²) in [6.45, 7) is 1.80. The highest BCUT2D eigenvalue weighted by Gasteiger charge is 2.32. The van der Waals surface area contributed by atoms with Crippen molar-refractivity contribution >= 4 is 12.0 Å². The number of carbonyl (C=O) groups is 2. The van der Waals surface area contributed by atoms with Gasteiger partial charge in [0.25, 0.3) is 0 Å². The molecule has 0 aromatic carbocycles. The first-order valence-corrected chi connectivity index (χ1v) is 4.49. The van der Waals surface area contributed by atoms with Gasteiger partial charge in [0, 0.05) is 13.1 Å². The minimum atomic E-state index is -0.488. The van der Waals surface area contributed by atoms with E-state index in [-0.39, 0.29) is 12.5 Å². The summed E-state index contributed by atoms with van der Waals surface area (Å²) in [5.41, 5.74) is 0. The van der Waals surface area contributed by atoms with Crippen molar-refractivity contribution in [2.45, 2.75) is 18.9 Å². The summed E-state index contributed by atoms with van der Waals surface area (Å²) in [7, 11) is 0. The van der Waals surface area contributed by atoms with Crippen molar-refractivity contribution in [1.82, 2.24) is 10.2 Å². The second-order valence-corrected chi connectivity index (χ2v) is 3.33. The van der Waals surface area contributed by atoms with Crippen LogP contribution in [-0.4, -0.2) is 42.6 Å². The molecular weight excluding hydrogens is 172 g/mol. The normalized spacial score (nSPS) is 27.2. The van der Waals surface area contributed by atoms with Gasteiger partial charge in [0.2, 0.25) is 5.91 Å². The van der Waals surface area contributed by atoms with E-state index in [2.05, 4.69) is 10.1 Å². The largest absolute Gasteiger partial charge is 0.447 e. The fraction of sp³-hybridized carbons (Fsp3) is 0.750. The lowest BCUT2D eigenvalue weighted by Crippen LogP contribution is -2.44. The Bertz CT molecular complexity index is 236. The molecule has 13 heavy (non-hydrogen) atoms. The third-order valence-electron chi connectivity index (χ3n) is 2.39. The van der Waals surface area contributed by atoms with Crippen molar-refractivity contribution in [3.05, 3.63) is 0 Å². The highest BCUT2D eigenvalue weighted by atomic mass is 16.6. The molecular formula is C8H12N2O3. The lowest BCUT2D eigenvalue weighted by Gasteiger charge is -2.17. The second kappa shape index (κ2) is 3.24. The molecule has 0 aromatic rings. The first-order valence-electron chi connectivity index (χ1n) is 4.49. The van der Waals surface area contributed by atoms with Crippen molar-refractivity contribution in [1.29, 1.82) is 0 Å². The Balaban J connectivity index is 1.92. The van der Waals surface area contributed by atoms with E-state index in [0.29, 0.717) is 0 Å². The first-order chi connectivity index (χ1) is 6.27. The van der Waals surface area contributed by atoms with E-state index < -0.39 is 12.1 Å². The van der Waals surface area contributed by atoms with Crippen LogP contribution in [0.3, 0.4) is 0 Å². The number of cyclic esters (lactones) is 1. The number of alkyl carbamates (subject to hydrolysis) is 1. The van der Waals surface area contributed by atoms with Crippen LogP contribution in [-0.2, 0) is 9.53 Å². The molecule has 2 aliphatic rings. The second-order valence-electron chi connectivity index (χ2n) is 3.33. The van der Waals surface area contributed by atoms with Crippen LogP contribution in [0.15, 0.2) is 0 Å². The Kier molecular flexibility index (Phi) is 2.08. The molecule has 72 valence electrons. The number of likely N-dealkylation sites (tertiary alicyclic amines) is 1. The topological polar surface area (TPSA) is 58.6 Å². The van der Waals surface area contributed by atoms with E-state index in [4.69, 9.17) is 0 Å². The van der Waals surface area contributed by atoms with Gasteiger partial charge in [-0.3, -0.25) is 4.79 Å². The van der Waals surface area contributed by atoms with Gasteiger partial charge in [-0.15, -0.1) is 0 Å². The van der Waals surface area contributed by atoms with Gasteiger partial charge in [0.1, 0.15) is 12.6 Å². The molecule has 0 aromatic heterocycles. The fourth-order valence-corrected chi connectivity index (χ4v) is 1.68. The Morgan fingerprint density at radius 1 is 1.46 bits per heavy atom. The van der Waals surface area contributed by atoms with Crippen LogP contribution in [0.2, 0.25) is 0 Å². The van der Waals surface area contributed by atoms with Crippen molar-refractivity contribution in [2.75, 3.05) is 19.7 Å². The zero-order valence-electron chi connectivity index (χ0n) is 7.28. The summed E-state index contributed by atoms with van der Waals surface area (Å²) in [4.78, 5) is 24.1. The van der Waals surface area contributed by atoms with Crippen LogP contribution >= 0.6 is 0 Å². The molecule has 0 spiro atoms. The summed E-state index contributed by atoms with van der Waals surface area (Å²) in [5, 5.41) is 2.48. The molecule has 0 saturated carbocycles. The maximum Gasteiger partial charge on any atom is 0.407 e. The van der Waals surface area contributed by atoms with E-state index in [1.807, 2.05) is 0 Å². The summed E-state index contributed by atoms with van der Waals surface area (Å²) in [5.74, 6) is -0.0108. The highest BCUT2D eigenvalue weighted by Crippen LogP contribution is 2.10. The monoisotopic (exact) mass is 184 g/mol. The van der Waals surface area contributed by atoms with Crippen LogP contribution < -0.4 is 5.32 Å². The molecule has 2 aliphatic heterocycles. The Hall–Kier alpha value is -1.26. The van der Waals surface area contributed by atoms with E-state index in [0.717, 1.165) is 25.9 Å². The van der Waals surface area contributed by atoms with Crippen LogP contribution in [0.5, 0.6) is 0 Å². The molecule has 1 atom stereocenters. The van der Waals surface area contributed by atoms with Gasteiger partial charge in [-0.2, -0.15) is 0 Å². The van der Waals surface area contributed by atoms with Crippen LogP contribution in [0.1, 0.15) is 12.8 Å². The molecule has 2 fully saturated rings. The number of carbonyl (C=O) groups excluding carboxylic acids is 2. The number of hydrogen-bond donors (Lipinski definition) is 1. The number of amides is 2. The quantitative estimate of drug-likeness (QED) is 0.609. The summed E-state index contributed by atoms with van der Waals surface area (Å²) >= 11 is 0. The van der Waals surface area contributed by atoms with Crippen LogP contribution in [0, 0.1) is 0 Å². The molecule has 0 bridgehead atoms. The molecule has 2 heterocycles. The minimum absolute atomic E-state index is 0.0108. The fourth-order valence-electron chi connectivity index (χ4n) is 1.68. The molecule has 2 saturated heterocycles. The third kappa shape index (κ3) is 1.59. The molecule has 1 N–H and O–H groups in total. The van der Waals surface area contributed by atoms with Gasteiger partial charge >= 0.3 is 6.09 Å². The molecule has 0 aliphatic carbocycles. The third-order valence-corrected chi connectivity index (χ3v) is 2.39. The number of nitrogens with zero attached hydrogens (tertiary/aromatic N) is 1. The predicted octanol–water partition coefficient (Wildman–Crippen LogP) is -0.283. The molecule has 2 amide bonds. The van der Waals surface area contributed by atoms with Gasteiger partial charge in [-0.25, -0.2) is 4.79 Å². The Morgan fingerprint density at radius 3 is 2.69 bits per heavy atom. The lowest BCUT2D eigenvalue weighted by atomic mass is 10.3. The number of rotatable bonds is 1. The van der Waals surface area contributed by atoms with E-state index in [1.165, 1.54) is 0 Å². The zero-order chi connectivity index (χ0) is 9.26. The van der Waals surface area contributed by atoms with Gasteiger partial charge in [0.15, 0.2) is 0 Å². The van der Waals surface area contributed by atoms with E-state index in [1.54, 1.807) is 4.90 Å². The summed E-state index contributed by atoms with van der Waals surface area (Å²) in [6, 6.07) is -0.453. The SMILES string of the molecule is O=C1NC(C(=O)N2CCCC2)CO1. The van der Waals surface area contributed by atoms with Crippen molar-refractivity contribution < 1.29 is 14.3 Å². The van der Waals surface area contributed by atoms with Crippen LogP contribution in [0.4, 0.5) is 4.79 Å². The number of hydrogen-bond acceptors (Lipinski definition) is 3. The maximum absolute atomic E-state index is 11.6. The van der Waals surface area contributed by atoms with Crippen LogP contribution in [0.25, 0.3) is 0 Å². The standard InChI is InChI=1S/C8H12N2O3/c11-7(10-3-1-2-4-10)6-5-13-8(12)9-6/h6H,1-5H2,(H,9,12). The maximum atomic E-state index is 11.6. The molecule has 5 nitrogen and oxygen atoms in total. The number of nitrogens with one attached hydrogen (secondary N) is 1. The predicted molar refractivity (Wildman–Crippen MR) is 44.1 cm³/mol. The average Bonchev–Trinajstić information content (AvgIpc) is 2.72. The lowest BCUT2D eigenvalue weighted by molar-refractivity contribution is -0.132. The molecule has 0 radical (unpaired) electrons. The van der Waals surface area contributed by atoms with Crippen molar-refractivity contribution in [2.24, 2.45) is 0 Å². The summed E-state index contributed by atoms with van der Waals surface area (Å²) in [6.07, 6.45) is 1.64. The smallest absolute Gasteiger partial charge is 0.407 e. The number of ether oxygens (including phenoxy) is 1. The van der Waals surface area contributed by atoms with Gasteiger partial charge < -0.3 is 15.0 Å². The van der Waals surface area contributed by atoms with Gasteiger partial charge in [-0.05, 0) is 12.8 Å². The zero-order valence-corrected chi connectivity index (χ0v) is 7.28. The minimum Gasteiger partial charge on any atom is -0.447 e. The summed E-state index contributed by atoms with van der Waals surface area (Å²) < 4.78 is 4.65. The van der Waals surface area contributed by atoms with Gasteiger partial charge in [0.05, 0.1) is 0 Å². The Labute approximate surface area is 76.0 Å². The molecule has 2 rings (SSSR count). The van der Waals surface area contributed by atoms with Crippen molar-refractivity contribution in [3.8, 4) is 0 Å². The molecule has 5 heteroatoms. The van der Waals surface area contributed by atoms with Crippen molar-refractivity contribution in [3.63, 3.8) is 0 Å². The van der Waals surface area contributed by atoms with E-state index >= 15 is 0 Å².